The molecule has 1 aromatic carbocycles. The lowest BCUT2D eigenvalue weighted by Gasteiger charge is -2.25. The maximum Gasteiger partial charge on any atom is 0.0683 e. The maximum absolute atomic E-state index is 4.30. The van der Waals surface area contributed by atoms with Gasteiger partial charge in [0, 0.05) is 23.1 Å². The van der Waals surface area contributed by atoms with Crippen LogP contribution >= 0.6 is 15.9 Å². The van der Waals surface area contributed by atoms with E-state index >= 15 is 0 Å². The first-order valence-electron chi connectivity index (χ1n) is 5.30. The Morgan fingerprint density at radius 1 is 1.25 bits per heavy atom. The number of aromatic nitrogens is 2. The molecule has 0 amide bonds. The van der Waals surface area contributed by atoms with Gasteiger partial charge in [-0.1, -0.05) is 48.0 Å². The van der Waals surface area contributed by atoms with Gasteiger partial charge in [-0.25, -0.2) is 4.68 Å². The Hall–Kier alpha value is -1.09. The Bertz CT molecular complexity index is 461. The molecule has 16 heavy (non-hydrogen) atoms. The molecule has 3 heteroatoms. The average molecular weight is 279 g/mol. The second-order valence-electron chi connectivity index (χ2n) is 4.49. The predicted molar refractivity (Wildman–Crippen MR) is 70.4 cm³/mol. The van der Waals surface area contributed by atoms with Crippen LogP contribution in [0.4, 0.5) is 0 Å². The second-order valence-corrected chi connectivity index (χ2v) is 5.05. The van der Waals surface area contributed by atoms with Crippen LogP contribution in [0.2, 0.25) is 0 Å². The third kappa shape index (κ3) is 2.05. The van der Waals surface area contributed by atoms with E-state index in [0.29, 0.717) is 0 Å². The van der Waals surface area contributed by atoms with Gasteiger partial charge >= 0.3 is 0 Å². The van der Waals surface area contributed by atoms with Gasteiger partial charge < -0.3 is 0 Å². The van der Waals surface area contributed by atoms with Crippen LogP contribution in [0, 0.1) is 0 Å². The van der Waals surface area contributed by atoms with Crippen molar-refractivity contribution in [2.24, 2.45) is 0 Å². The monoisotopic (exact) mass is 278 g/mol. The smallest absolute Gasteiger partial charge is 0.0683 e. The third-order valence-electron chi connectivity index (χ3n) is 2.72. The first-order valence-corrected chi connectivity index (χ1v) is 6.43. The van der Waals surface area contributed by atoms with E-state index in [1.165, 1.54) is 5.56 Å². The van der Waals surface area contributed by atoms with Gasteiger partial charge in [-0.05, 0) is 17.7 Å². The van der Waals surface area contributed by atoms with Gasteiger partial charge in [-0.2, -0.15) is 5.10 Å². The molecule has 84 valence electrons. The first kappa shape index (κ1) is 11.4. The minimum absolute atomic E-state index is 0.0997. The highest BCUT2D eigenvalue weighted by Gasteiger charge is 2.22. The number of para-hydroxylation sites is 1. The molecule has 0 atom stereocenters. The fraction of sp³-hybridized carbons (Fsp3) is 0.308. The number of rotatable bonds is 3. The van der Waals surface area contributed by atoms with Gasteiger partial charge in [0.25, 0.3) is 0 Å². The van der Waals surface area contributed by atoms with Crippen molar-refractivity contribution >= 4 is 15.9 Å². The second kappa shape index (κ2) is 4.42. The van der Waals surface area contributed by atoms with Gasteiger partial charge in [-0.3, -0.25) is 0 Å². The van der Waals surface area contributed by atoms with Crippen LogP contribution in [-0.4, -0.2) is 15.1 Å². The molecule has 2 nitrogen and oxygen atoms in total. The summed E-state index contributed by atoms with van der Waals surface area (Å²) in [5, 5.41) is 5.23. The van der Waals surface area contributed by atoms with Crippen molar-refractivity contribution in [1.82, 2.24) is 9.78 Å². The zero-order valence-corrected chi connectivity index (χ0v) is 11.1. The molecule has 0 unspecified atom stereocenters. The number of nitrogens with zero attached hydrogens (tertiary/aromatic N) is 2. The zero-order chi connectivity index (χ0) is 11.6. The van der Waals surface area contributed by atoms with Crippen LogP contribution in [0.5, 0.6) is 0 Å². The largest absolute Gasteiger partial charge is 0.241 e. The lowest BCUT2D eigenvalue weighted by molar-refractivity contribution is 0.599. The van der Waals surface area contributed by atoms with Crippen LogP contribution in [0.1, 0.15) is 19.4 Å². The summed E-state index contributed by atoms with van der Waals surface area (Å²) in [6.45, 7) is 4.45. The van der Waals surface area contributed by atoms with Crippen molar-refractivity contribution in [2.45, 2.75) is 19.3 Å². The summed E-state index contributed by atoms with van der Waals surface area (Å²) in [6, 6.07) is 10.3. The van der Waals surface area contributed by atoms with Crippen LogP contribution in [0.25, 0.3) is 5.69 Å². The minimum Gasteiger partial charge on any atom is -0.241 e. The number of benzene rings is 1. The minimum atomic E-state index is 0.0997. The molecular formula is C13H15BrN2. The molecule has 0 saturated heterocycles. The maximum atomic E-state index is 4.30. The molecule has 0 bridgehead atoms. The molecule has 1 heterocycles. The van der Waals surface area contributed by atoms with Gasteiger partial charge in [0.05, 0.1) is 5.69 Å². The fourth-order valence-electron chi connectivity index (χ4n) is 1.73. The Balaban J connectivity index is 2.55. The summed E-state index contributed by atoms with van der Waals surface area (Å²) >= 11 is 3.58. The van der Waals surface area contributed by atoms with Gasteiger partial charge in [0.2, 0.25) is 0 Å². The van der Waals surface area contributed by atoms with Crippen molar-refractivity contribution in [3.05, 3.63) is 48.3 Å². The lowest BCUT2D eigenvalue weighted by Crippen LogP contribution is -2.21. The molecule has 0 N–H and O–H groups in total. The van der Waals surface area contributed by atoms with Crippen molar-refractivity contribution in [3.8, 4) is 5.69 Å². The summed E-state index contributed by atoms with van der Waals surface area (Å²) in [5.74, 6) is 0. The molecule has 2 aromatic rings. The molecule has 2 rings (SSSR count). The molecule has 0 aliphatic carbocycles. The molecule has 0 spiro atoms. The number of hydrogen-bond acceptors (Lipinski definition) is 1. The topological polar surface area (TPSA) is 17.8 Å². The Morgan fingerprint density at radius 2 is 2.00 bits per heavy atom. The standard InChI is InChI=1S/C13H15BrN2/c1-13(2,10-14)11-6-3-4-7-12(11)16-9-5-8-15-16/h3-9H,10H2,1-2H3. The van der Waals surface area contributed by atoms with Crippen LogP contribution < -0.4 is 0 Å². The summed E-state index contributed by atoms with van der Waals surface area (Å²) < 4.78 is 1.92. The average Bonchev–Trinajstić information content (AvgIpc) is 2.82. The Labute approximate surface area is 104 Å². The van der Waals surface area contributed by atoms with Crippen molar-refractivity contribution in [3.63, 3.8) is 0 Å². The highest BCUT2D eigenvalue weighted by molar-refractivity contribution is 9.09. The zero-order valence-electron chi connectivity index (χ0n) is 9.52. The first-order chi connectivity index (χ1) is 7.65. The van der Waals surface area contributed by atoms with Crippen LogP contribution in [-0.2, 0) is 5.41 Å². The fourth-order valence-corrected chi connectivity index (χ4v) is 2.03. The molecule has 0 fully saturated rings. The summed E-state index contributed by atoms with van der Waals surface area (Å²) in [6.07, 6.45) is 3.78. The molecule has 0 aliphatic heterocycles. The number of hydrogen-bond donors (Lipinski definition) is 0. The van der Waals surface area contributed by atoms with Crippen LogP contribution in [0.3, 0.4) is 0 Å². The Kier molecular flexibility index (Phi) is 3.15. The van der Waals surface area contributed by atoms with E-state index in [2.05, 4.69) is 53.1 Å². The number of halogens is 1. The third-order valence-corrected chi connectivity index (χ3v) is 4.12. The molecule has 0 radical (unpaired) electrons. The van der Waals surface area contributed by atoms with E-state index < -0.39 is 0 Å². The lowest BCUT2D eigenvalue weighted by atomic mass is 9.86. The van der Waals surface area contributed by atoms with E-state index in [9.17, 15) is 0 Å². The predicted octanol–water partition coefficient (Wildman–Crippen LogP) is 3.54. The van der Waals surface area contributed by atoms with Crippen molar-refractivity contribution < 1.29 is 0 Å². The Morgan fingerprint density at radius 3 is 2.62 bits per heavy atom. The SMILES string of the molecule is CC(C)(CBr)c1ccccc1-n1cccn1. The van der Waals surface area contributed by atoms with Crippen molar-refractivity contribution in [2.75, 3.05) is 5.33 Å². The molecule has 0 aliphatic rings. The summed E-state index contributed by atoms with van der Waals surface area (Å²) in [7, 11) is 0. The van der Waals surface area contributed by atoms with Gasteiger partial charge in [0.1, 0.15) is 0 Å². The van der Waals surface area contributed by atoms with E-state index in [4.69, 9.17) is 0 Å². The van der Waals surface area contributed by atoms with Gasteiger partial charge in [0.15, 0.2) is 0 Å². The molecular weight excluding hydrogens is 264 g/mol. The number of alkyl halides is 1. The highest BCUT2D eigenvalue weighted by Crippen LogP contribution is 2.29. The van der Waals surface area contributed by atoms with Crippen LogP contribution in [0.15, 0.2) is 42.7 Å². The van der Waals surface area contributed by atoms with Gasteiger partial charge in [-0.15, -0.1) is 0 Å². The van der Waals surface area contributed by atoms with E-state index in [1.54, 1.807) is 6.20 Å². The molecule has 1 aromatic heterocycles. The van der Waals surface area contributed by atoms with Crippen molar-refractivity contribution in [1.29, 1.82) is 0 Å². The van der Waals surface area contributed by atoms with E-state index in [1.807, 2.05) is 23.0 Å². The normalized spacial score (nSPS) is 11.7. The quantitative estimate of drug-likeness (QED) is 0.786. The highest BCUT2D eigenvalue weighted by atomic mass is 79.9. The summed E-state index contributed by atoms with van der Waals surface area (Å²) in [4.78, 5) is 0. The molecule has 0 saturated carbocycles. The summed E-state index contributed by atoms with van der Waals surface area (Å²) in [5.41, 5.74) is 2.55. The van der Waals surface area contributed by atoms with E-state index in [-0.39, 0.29) is 5.41 Å². The van der Waals surface area contributed by atoms with E-state index in [0.717, 1.165) is 11.0 Å².